The van der Waals surface area contributed by atoms with Crippen LogP contribution in [-0.4, -0.2) is 27.8 Å². The molecule has 0 radical (unpaired) electrons. The molecule has 1 fully saturated rings. The Hall–Kier alpha value is -2.23. The lowest BCUT2D eigenvalue weighted by atomic mass is 9.88. The van der Waals surface area contributed by atoms with E-state index in [2.05, 4.69) is 35.3 Å². The number of para-hydroxylation sites is 1. The summed E-state index contributed by atoms with van der Waals surface area (Å²) in [5, 5.41) is 4.81. The fourth-order valence-corrected chi connectivity index (χ4v) is 4.50. The predicted octanol–water partition coefficient (Wildman–Crippen LogP) is 3.73. The maximum absolute atomic E-state index is 6.17. The Bertz CT molecular complexity index is 781. The second-order valence-electron chi connectivity index (χ2n) is 7.44. The minimum Gasteiger partial charge on any atom is -0.398 e. The summed E-state index contributed by atoms with van der Waals surface area (Å²) in [7, 11) is 2.07. The topological polar surface area (TPSA) is 47.1 Å². The number of aryl methyl sites for hydroxylation is 1. The first kappa shape index (κ1) is 16.2. The maximum atomic E-state index is 6.17. The summed E-state index contributed by atoms with van der Waals surface area (Å²) in [6, 6.07) is 8.30. The zero-order chi connectivity index (χ0) is 17.4. The molecule has 4 heteroatoms. The van der Waals surface area contributed by atoms with Crippen molar-refractivity contribution in [1.82, 2.24) is 14.7 Å². The molecule has 2 heterocycles. The molecule has 132 valence electrons. The average molecular weight is 336 g/mol. The summed E-state index contributed by atoms with van der Waals surface area (Å²) in [4.78, 5) is 2.42. The van der Waals surface area contributed by atoms with Gasteiger partial charge in [0.05, 0.1) is 5.70 Å². The van der Waals surface area contributed by atoms with Crippen LogP contribution in [0.1, 0.15) is 54.1 Å². The van der Waals surface area contributed by atoms with Gasteiger partial charge in [-0.3, -0.25) is 4.68 Å². The Kier molecular flexibility index (Phi) is 4.28. The van der Waals surface area contributed by atoms with Gasteiger partial charge in [0, 0.05) is 37.1 Å². The second kappa shape index (κ2) is 6.58. The van der Waals surface area contributed by atoms with Crippen molar-refractivity contribution in [3.63, 3.8) is 0 Å². The number of nitrogens with zero attached hydrogens (tertiary/aromatic N) is 3. The van der Waals surface area contributed by atoms with Gasteiger partial charge in [0.25, 0.3) is 0 Å². The Morgan fingerprint density at radius 1 is 1.16 bits per heavy atom. The highest BCUT2D eigenvalue weighted by atomic mass is 15.3. The number of hydrogen-bond donors (Lipinski definition) is 1. The fraction of sp³-hybridized carbons (Fsp3) is 0.476. The van der Waals surface area contributed by atoms with E-state index < -0.39 is 0 Å². The highest BCUT2D eigenvalue weighted by Gasteiger charge is 2.27. The molecule has 25 heavy (non-hydrogen) atoms. The quantitative estimate of drug-likeness (QED) is 0.869. The molecule has 2 aromatic rings. The molecule has 0 atom stereocenters. The average Bonchev–Trinajstić information content (AvgIpc) is 2.99. The molecule has 0 bridgehead atoms. The number of nitrogen functional groups attached to an aromatic ring is 1. The lowest BCUT2D eigenvalue weighted by molar-refractivity contribution is 0.298. The minimum atomic E-state index is 0.558. The highest BCUT2D eigenvalue weighted by Crippen LogP contribution is 2.35. The van der Waals surface area contributed by atoms with E-state index in [0.717, 1.165) is 55.9 Å². The number of nitrogens with two attached hydrogens (primary N) is 1. The van der Waals surface area contributed by atoms with Crippen molar-refractivity contribution in [2.24, 2.45) is 7.05 Å². The van der Waals surface area contributed by atoms with Crippen LogP contribution in [0.5, 0.6) is 0 Å². The first-order valence-electron chi connectivity index (χ1n) is 9.48. The molecule has 0 saturated carbocycles. The van der Waals surface area contributed by atoms with Crippen LogP contribution in [0.2, 0.25) is 0 Å². The zero-order valence-electron chi connectivity index (χ0n) is 15.2. The molecular weight excluding hydrogens is 308 g/mol. The summed E-state index contributed by atoms with van der Waals surface area (Å²) in [5.74, 6) is 0.558. The third-order valence-electron chi connectivity index (χ3n) is 5.95. The minimum absolute atomic E-state index is 0.558. The molecule has 4 rings (SSSR count). The standard InChI is InChI=1S/C21H28N4/c1-15(21-18-8-4-6-10-20(18)24(2)23-21)25-13-11-16(12-14-25)17-7-3-5-9-19(17)22/h3,5,7,9,16H,1,4,6,8,10-14,22H2,2H3. The van der Waals surface area contributed by atoms with Crippen molar-refractivity contribution >= 4 is 11.4 Å². The lowest BCUT2D eigenvalue weighted by Crippen LogP contribution is -2.32. The molecule has 2 aliphatic rings. The monoisotopic (exact) mass is 336 g/mol. The van der Waals surface area contributed by atoms with E-state index in [9.17, 15) is 0 Å². The van der Waals surface area contributed by atoms with Crippen molar-refractivity contribution in [3.8, 4) is 0 Å². The molecule has 4 nitrogen and oxygen atoms in total. The van der Waals surface area contributed by atoms with Crippen LogP contribution in [-0.2, 0) is 19.9 Å². The first-order chi connectivity index (χ1) is 12.1. The predicted molar refractivity (Wildman–Crippen MR) is 103 cm³/mol. The number of fused-ring (bicyclic) bond motifs is 1. The van der Waals surface area contributed by atoms with Crippen LogP contribution in [0, 0.1) is 0 Å². The third-order valence-corrected chi connectivity index (χ3v) is 5.95. The van der Waals surface area contributed by atoms with Gasteiger partial charge in [-0.05, 0) is 56.1 Å². The van der Waals surface area contributed by atoms with Crippen molar-refractivity contribution in [1.29, 1.82) is 0 Å². The summed E-state index contributed by atoms with van der Waals surface area (Å²) in [6.45, 7) is 6.47. The van der Waals surface area contributed by atoms with E-state index in [0.29, 0.717) is 5.92 Å². The Labute approximate surface area is 150 Å². The number of rotatable bonds is 3. The van der Waals surface area contributed by atoms with Gasteiger partial charge in [0.15, 0.2) is 0 Å². The van der Waals surface area contributed by atoms with E-state index in [1.807, 2.05) is 12.1 Å². The molecule has 1 saturated heterocycles. The van der Waals surface area contributed by atoms with Crippen LogP contribution in [0.3, 0.4) is 0 Å². The van der Waals surface area contributed by atoms with E-state index in [4.69, 9.17) is 10.8 Å². The third kappa shape index (κ3) is 2.94. The SMILES string of the molecule is C=C(c1nn(C)c2c1CCCC2)N1CCC(c2ccccc2N)CC1. The van der Waals surface area contributed by atoms with Crippen molar-refractivity contribution < 1.29 is 0 Å². The number of benzene rings is 1. The Morgan fingerprint density at radius 2 is 1.88 bits per heavy atom. The van der Waals surface area contributed by atoms with Gasteiger partial charge in [0.2, 0.25) is 0 Å². The Balaban J connectivity index is 1.48. The molecule has 1 aliphatic carbocycles. The summed E-state index contributed by atoms with van der Waals surface area (Å²) >= 11 is 0. The van der Waals surface area contributed by atoms with Crippen LogP contribution >= 0.6 is 0 Å². The van der Waals surface area contributed by atoms with Crippen molar-refractivity contribution in [2.45, 2.75) is 44.4 Å². The van der Waals surface area contributed by atoms with Crippen LogP contribution in [0.25, 0.3) is 5.70 Å². The molecule has 0 spiro atoms. The van der Waals surface area contributed by atoms with E-state index in [1.165, 1.54) is 29.7 Å². The molecule has 2 N–H and O–H groups in total. The van der Waals surface area contributed by atoms with Gasteiger partial charge in [-0.2, -0.15) is 5.10 Å². The van der Waals surface area contributed by atoms with Gasteiger partial charge in [-0.15, -0.1) is 0 Å². The summed E-state index contributed by atoms with van der Waals surface area (Å²) < 4.78 is 2.08. The summed E-state index contributed by atoms with van der Waals surface area (Å²) in [5.41, 5.74) is 13.5. The van der Waals surface area contributed by atoms with E-state index in [1.54, 1.807) is 0 Å². The van der Waals surface area contributed by atoms with Gasteiger partial charge in [0.1, 0.15) is 5.69 Å². The van der Waals surface area contributed by atoms with Gasteiger partial charge >= 0.3 is 0 Å². The number of likely N-dealkylation sites (tertiary alicyclic amines) is 1. The van der Waals surface area contributed by atoms with Crippen LogP contribution < -0.4 is 5.73 Å². The molecule has 1 aromatic heterocycles. The normalized spacial score (nSPS) is 18.2. The van der Waals surface area contributed by atoms with E-state index in [-0.39, 0.29) is 0 Å². The number of hydrogen-bond acceptors (Lipinski definition) is 3. The highest BCUT2D eigenvalue weighted by molar-refractivity contribution is 5.63. The number of aromatic nitrogens is 2. The van der Waals surface area contributed by atoms with Crippen LogP contribution in [0.15, 0.2) is 30.8 Å². The second-order valence-corrected chi connectivity index (χ2v) is 7.44. The summed E-state index contributed by atoms with van der Waals surface area (Å²) in [6.07, 6.45) is 7.11. The molecule has 0 amide bonds. The van der Waals surface area contributed by atoms with Crippen molar-refractivity contribution in [3.05, 3.63) is 53.4 Å². The van der Waals surface area contributed by atoms with Gasteiger partial charge in [-0.25, -0.2) is 0 Å². The molecule has 0 unspecified atom stereocenters. The fourth-order valence-electron chi connectivity index (χ4n) is 4.50. The molecule has 1 aromatic carbocycles. The van der Waals surface area contributed by atoms with Gasteiger partial charge < -0.3 is 10.6 Å². The van der Waals surface area contributed by atoms with Crippen molar-refractivity contribution in [2.75, 3.05) is 18.8 Å². The van der Waals surface area contributed by atoms with E-state index >= 15 is 0 Å². The Morgan fingerprint density at radius 3 is 2.64 bits per heavy atom. The molecule has 1 aliphatic heterocycles. The number of anilines is 1. The van der Waals surface area contributed by atoms with Gasteiger partial charge in [-0.1, -0.05) is 24.8 Å². The smallest absolute Gasteiger partial charge is 0.111 e. The lowest BCUT2D eigenvalue weighted by Gasteiger charge is -2.35. The van der Waals surface area contributed by atoms with Crippen LogP contribution in [0.4, 0.5) is 5.69 Å². The first-order valence-corrected chi connectivity index (χ1v) is 9.48. The molecular formula is C21H28N4. The maximum Gasteiger partial charge on any atom is 0.111 e. The zero-order valence-corrected chi connectivity index (χ0v) is 15.2. The number of piperidine rings is 1. The largest absolute Gasteiger partial charge is 0.398 e.